The predicted molar refractivity (Wildman–Crippen MR) is 55.7 cm³/mol. The van der Waals surface area contributed by atoms with Gasteiger partial charge in [-0.05, 0) is 25.5 Å². The number of hydrogen-bond donors (Lipinski definition) is 3. The molecule has 4 nitrogen and oxygen atoms in total. The summed E-state index contributed by atoms with van der Waals surface area (Å²) in [5.74, 6) is 0.733. The molecule has 0 saturated carbocycles. The molecule has 0 aromatic heterocycles. The number of aliphatic hydroxyl groups is 2. The minimum absolute atomic E-state index is 0.117. The maximum absolute atomic E-state index is 9.18. The van der Waals surface area contributed by atoms with Crippen LogP contribution in [0.2, 0.25) is 0 Å². The highest BCUT2D eigenvalue weighted by Gasteiger charge is 2.07. The Labute approximate surface area is 88.8 Å². The van der Waals surface area contributed by atoms with Gasteiger partial charge in [-0.1, -0.05) is 6.07 Å². The van der Waals surface area contributed by atoms with Gasteiger partial charge in [-0.2, -0.15) is 0 Å². The van der Waals surface area contributed by atoms with Gasteiger partial charge in [-0.25, -0.2) is 0 Å². The Hall–Kier alpha value is -1.26. The first-order chi connectivity index (χ1) is 7.08. The van der Waals surface area contributed by atoms with E-state index in [-0.39, 0.29) is 18.3 Å². The number of aromatic hydroxyl groups is 1. The molecule has 84 valence electrons. The van der Waals surface area contributed by atoms with Crippen LogP contribution in [0, 0.1) is 0 Å². The lowest BCUT2D eigenvalue weighted by Crippen LogP contribution is -2.15. The van der Waals surface area contributed by atoms with Gasteiger partial charge in [-0.3, -0.25) is 0 Å². The molecular weight excluding hydrogens is 196 g/mol. The fraction of sp³-hybridized carbons (Fsp3) is 0.455. The number of hydrogen-bond acceptors (Lipinski definition) is 4. The first-order valence-electron chi connectivity index (χ1n) is 4.90. The molecule has 1 atom stereocenters. The molecule has 1 rings (SSSR count). The van der Waals surface area contributed by atoms with Crippen molar-refractivity contribution in [1.82, 2.24) is 0 Å². The predicted octanol–water partition coefficient (Wildman–Crippen LogP) is 1.25. The van der Waals surface area contributed by atoms with Crippen molar-refractivity contribution >= 4 is 0 Å². The minimum Gasteiger partial charge on any atom is -0.508 e. The van der Waals surface area contributed by atoms with Gasteiger partial charge in [-0.15, -0.1) is 0 Å². The monoisotopic (exact) mass is 212 g/mol. The van der Waals surface area contributed by atoms with Crippen molar-refractivity contribution in [1.29, 1.82) is 0 Å². The number of phenolic OH excluding ortho intramolecular Hbond substituents is 1. The maximum Gasteiger partial charge on any atom is 0.151 e. The van der Waals surface area contributed by atoms with Gasteiger partial charge >= 0.3 is 0 Å². The largest absolute Gasteiger partial charge is 0.508 e. The van der Waals surface area contributed by atoms with E-state index in [0.29, 0.717) is 12.2 Å². The van der Waals surface area contributed by atoms with Crippen LogP contribution in [0.1, 0.15) is 19.8 Å². The summed E-state index contributed by atoms with van der Waals surface area (Å²) in [5.41, 5.74) is 0. The molecule has 0 aliphatic rings. The van der Waals surface area contributed by atoms with Crippen LogP contribution in [0.25, 0.3) is 0 Å². The van der Waals surface area contributed by atoms with Crippen LogP contribution >= 0.6 is 0 Å². The average Bonchev–Trinajstić information content (AvgIpc) is 2.15. The average molecular weight is 212 g/mol. The summed E-state index contributed by atoms with van der Waals surface area (Å²) in [6, 6.07) is 6.52. The molecule has 1 unspecified atom stereocenters. The van der Waals surface area contributed by atoms with Crippen molar-refractivity contribution in [2.24, 2.45) is 0 Å². The van der Waals surface area contributed by atoms with Crippen molar-refractivity contribution in [3.05, 3.63) is 24.3 Å². The van der Waals surface area contributed by atoms with Crippen LogP contribution < -0.4 is 4.74 Å². The summed E-state index contributed by atoms with van der Waals surface area (Å²) in [6.45, 7) is 1.84. The van der Waals surface area contributed by atoms with Gasteiger partial charge in [0.1, 0.15) is 11.5 Å². The van der Waals surface area contributed by atoms with Crippen LogP contribution in [-0.4, -0.2) is 27.7 Å². The molecule has 0 bridgehead atoms. The van der Waals surface area contributed by atoms with Crippen molar-refractivity contribution in [3.8, 4) is 11.5 Å². The van der Waals surface area contributed by atoms with Gasteiger partial charge in [0.25, 0.3) is 0 Å². The number of benzene rings is 1. The van der Waals surface area contributed by atoms with Crippen LogP contribution in [-0.2, 0) is 0 Å². The molecule has 4 heteroatoms. The molecule has 0 aliphatic heterocycles. The molecule has 0 aliphatic carbocycles. The quantitative estimate of drug-likeness (QED) is 0.642. The lowest BCUT2D eigenvalue weighted by molar-refractivity contribution is -0.0510. The molecule has 3 N–H and O–H groups in total. The number of rotatable bonds is 5. The lowest BCUT2D eigenvalue weighted by Gasteiger charge is -2.15. The molecular formula is C11H16O4. The number of ether oxygens (including phenoxy) is 1. The van der Waals surface area contributed by atoms with Gasteiger partial charge in [0, 0.05) is 12.5 Å². The van der Waals surface area contributed by atoms with E-state index in [2.05, 4.69) is 0 Å². The number of aliphatic hydroxyl groups excluding tert-OH is 1. The Morgan fingerprint density at radius 2 is 2.00 bits per heavy atom. The van der Waals surface area contributed by atoms with E-state index in [1.165, 1.54) is 6.07 Å². The third-order valence-corrected chi connectivity index (χ3v) is 1.99. The van der Waals surface area contributed by atoms with E-state index in [1.807, 2.05) is 6.92 Å². The standard InChI is InChI=1S/C11H16O4/c1-8(5-6-11(13)14)15-10-4-2-3-9(12)7-10/h2-4,7-8,11-14H,5-6H2,1H3. The molecule has 0 spiro atoms. The highest BCUT2D eigenvalue weighted by molar-refractivity contribution is 5.31. The fourth-order valence-electron chi connectivity index (χ4n) is 1.23. The summed E-state index contributed by atoms with van der Waals surface area (Å²) >= 11 is 0. The normalized spacial score (nSPS) is 12.8. The molecule has 1 aromatic rings. The molecule has 1 aromatic carbocycles. The Kier molecular flexibility index (Phi) is 4.39. The van der Waals surface area contributed by atoms with Gasteiger partial charge < -0.3 is 20.1 Å². The summed E-state index contributed by atoms with van der Waals surface area (Å²) in [4.78, 5) is 0. The molecule has 0 radical (unpaired) electrons. The van der Waals surface area contributed by atoms with Crippen molar-refractivity contribution in [2.45, 2.75) is 32.2 Å². The van der Waals surface area contributed by atoms with Gasteiger partial charge in [0.2, 0.25) is 0 Å². The van der Waals surface area contributed by atoms with E-state index >= 15 is 0 Å². The van der Waals surface area contributed by atoms with E-state index in [4.69, 9.17) is 14.9 Å². The van der Waals surface area contributed by atoms with Crippen LogP contribution in [0.4, 0.5) is 0 Å². The zero-order chi connectivity index (χ0) is 11.3. The lowest BCUT2D eigenvalue weighted by atomic mass is 10.2. The van der Waals surface area contributed by atoms with Crippen molar-refractivity contribution in [2.75, 3.05) is 0 Å². The van der Waals surface area contributed by atoms with E-state index in [1.54, 1.807) is 18.2 Å². The Balaban J connectivity index is 2.40. The topological polar surface area (TPSA) is 69.9 Å². The third-order valence-electron chi connectivity index (χ3n) is 1.99. The van der Waals surface area contributed by atoms with Crippen LogP contribution in [0.3, 0.4) is 0 Å². The minimum atomic E-state index is -1.29. The van der Waals surface area contributed by atoms with Gasteiger partial charge in [0.05, 0.1) is 6.10 Å². The molecule has 0 saturated heterocycles. The Bertz CT molecular complexity index is 298. The first-order valence-corrected chi connectivity index (χ1v) is 4.90. The van der Waals surface area contributed by atoms with Crippen LogP contribution in [0.15, 0.2) is 24.3 Å². The molecule has 0 amide bonds. The molecule has 0 fully saturated rings. The van der Waals surface area contributed by atoms with Crippen molar-refractivity contribution in [3.63, 3.8) is 0 Å². The highest BCUT2D eigenvalue weighted by atomic mass is 16.5. The Morgan fingerprint density at radius 3 is 2.60 bits per heavy atom. The zero-order valence-electron chi connectivity index (χ0n) is 8.63. The van der Waals surface area contributed by atoms with Gasteiger partial charge in [0.15, 0.2) is 6.29 Å². The molecule has 0 heterocycles. The second-order valence-corrected chi connectivity index (χ2v) is 3.48. The first kappa shape index (κ1) is 11.8. The summed E-state index contributed by atoms with van der Waals surface area (Å²) < 4.78 is 5.46. The second-order valence-electron chi connectivity index (χ2n) is 3.48. The van der Waals surface area contributed by atoms with Crippen LogP contribution in [0.5, 0.6) is 11.5 Å². The van der Waals surface area contributed by atoms with E-state index < -0.39 is 6.29 Å². The second kappa shape index (κ2) is 5.58. The third kappa shape index (κ3) is 4.67. The Morgan fingerprint density at radius 1 is 1.27 bits per heavy atom. The van der Waals surface area contributed by atoms with Crippen molar-refractivity contribution < 1.29 is 20.1 Å². The van der Waals surface area contributed by atoms with E-state index in [0.717, 1.165) is 0 Å². The SMILES string of the molecule is CC(CCC(O)O)Oc1cccc(O)c1. The van der Waals surface area contributed by atoms with E-state index in [9.17, 15) is 5.11 Å². The summed E-state index contributed by atoms with van der Waals surface area (Å²) in [6.07, 6.45) is -0.582. The maximum atomic E-state index is 9.18. The molecule has 15 heavy (non-hydrogen) atoms. The number of phenols is 1. The zero-order valence-corrected chi connectivity index (χ0v) is 8.63. The fourth-order valence-corrected chi connectivity index (χ4v) is 1.23. The summed E-state index contributed by atoms with van der Waals surface area (Å²) in [7, 11) is 0. The smallest absolute Gasteiger partial charge is 0.151 e. The summed E-state index contributed by atoms with van der Waals surface area (Å²) in [5, 5.41) is 26.5. The highest BCUT2D eigenvalue weighted by Crippen LogP contribution is 2.19.